The number of sulfonamides is 1. The molecule has 29 heavy (non-hydrogen) atoms. The van der Waals surface area contributed by atoms with Crippen LogP contribution in [0, 0.1) is 0 Å². The fourth-order valence-corrected chi connectivity index (χ4v) is 4.60. The first-order chi connectivity index (χ1) is 14.0. The standard InChI is InChI=1S/C20H23N5O3S/c26-20(19-3-1-7-22-19)25-11-6-16-4-5-18(13-17(16)14-25)29(27,28)23-8-2-10-24-12-9-21-15-24/h1,3-5,7,9,12-13,15,22-23H,2,6,8,10-11,14H2. The van der Waals surface area contributed by atoms with Crippen LogP contribution in [0.4, 0.5) is 0 Å². The molecule has 2 N–H and O–H groups in total. The van der Waals surface area contributed by atoms with Crippen molar-refractivity contribution in [3.05, 3.63) is 72.1 Å². The molecule has 0 saturated heterocycles. The first-order valence-electron chi connectivity index (χ1n) is 9.53. The minimum atomic E-state index is -3.60. The van der Waals surface area contributed by atoms with Gasteiger partial charge in [-0.15, -0.1) is 0 Å². The smallest absolute Gasteiger partial charge is 0.270 e. The quantitative estimate of drug-likeness (QED) is 0.577. The molecule has 0 unspecified atom stereocenters. The Hall–Kier alpha value is -2.91. The van der Waals surface area contributed by atoms with Gasteiger partial charge in [-0.1, -0.05) is 6.07 Å². The summed E-state index contributed by atoms with van der Waals surface area (Å²) in [6.07, 6.45) is 8.34. The molecule has 0 fully saturated rings. The molecule has 0 atom stereocenters. The van der Waals surface area contributed by atoms with E-state index in [1.165, 1.54) is 0 Å². The summed E-state index contributed by atoms with van der Waals surface area (Å²) in [7, 11) is -3.60. The van der Waals surface area contributed by atoms with Crippen molar-refractivity contribution in [1.29, 1.82) is 0 Å². The zero-order chi connectivity index (χ0) is 20.3. The van der Waals surface area contributed by atoms with Crippen LogP contribution in [0.15, 0.2) is 60.1 Å². The Bertz CT molecular complexity index is 1080. The molecular weight excluding hydrogens is 390 g/mol. The molecule has 8 nitrogen and oxygen atoms in total. The van der Waals surface area contributed by atoms with E-state index < -0.39 is 10.0 Å². The van der Waals surface area contributed by atoms with Gasteiger partial charge >= 0.3 is 0 Å². The maximum atomic E-state index is 12.7. The van der Waals surface area contributed by atoms with Crippen molar-refractivity contribution < 1.29 is 13.2 Å². The molecule has 1 aliphatic heterocycles. The van der Waals surface area contributed by atoms with Crippen molar-refractivity contribution in [2.75, 3.05) is 13.1 Å². The third kappa shape index (κ3) is 4.41. The monoisotopic (exact) mass is 413 g/mol. The highest BCUT2D eigenvalue weighted by atomic mass is 32.2. The molecule has 0 radical (unpaired) electrons. The summed E-state index contributed by atoms with van der Waals surface area (Å²) in [5.41, 5.74) is 2.49. The number of hydrogen-bond donors (Lipinski definition) is 2. The Morgan fingerprint density at radius 1 is 1.24 bits per heavy atom. The summed E-state index contributed by atoms with van der Waals surface area (Å²) in [5.74, 6) is -0.0773. The van der Waals surface area contributed by atoms with E-state index in [4.69, 9.17) is 0 Å². The lowest BCUT2D eigenvalue weighted by Crippen LogP contribution is -2.36. The van der Waals surface area contributed by atoms with Gasteiger partial charge in [-0.3, -0.25) is 4.79 Å². The largest absolute Gasteiger partial charge is 0.357 e. The SMILES string of the molecule is O=C(c1ccc[nH]1)N1CCc2ccc(S(=O)(=O)NCCCn3ccnc3)cc2C1. The average molecular weight is 414 g/mol. The van der Waals surface area contributed by atoms with Gasteiger partial charge in [0.25, 0.3) is 5.91 Å². The van der Waals surface area contributed by atoms with Gasteiger partial charge in [0.1, 0.15) is 5.69 Å². The molecule has 3 heterocycles. The number of aromatic amines is 1. The number of nitrogens with one attached hydrogen (secondary N) is 2. The molecule has 152 valence electrons. The van der Waals surface area contributed by atoms with E-state index in [1.54, 1.807) is 47.9 Å². The van der Waals surface area contributed by atoms with Crippen LogP contribution in [0.2, 0.25) is 0 Å². The molecule has 4 rings (SSSR count). The molecule has 1 amide bonds. The predicted molar refractivity (Wildman–Crippen MR) is 108 cm³/mol. The maximum Gasteiger partial charge on any atom is 0.270 e. The maximum absolute atomic E-state index is 12.7. The molecule has 0 saturated carbocycles. The third-order valence-electron chi connectivity index (χ3n) is 5.06. The van der Waals surface area contributed by atoms with E-state index in [9.17, 15) is 13.2 Å². The number of hydrogen-bond acceptors (Lipinski definition) is 4. The lowest BCUT2D eigenvalue weighted by molar-refractivity contribution is 0.0729. The first-order valence-corrected chi connectivity index (χ1v) is 11.0. The minimum Gasteiger partial charge on any atom is -0.357 e. The summed E-state index contributed by atoms with van der Waals surface area (Å²) in [6, 6.07) is 8.70. The average Bonchev–Trinajstić information content (AvgIpc) is 3.44. The number of rotatable bonds is 7. The topological polar surface area (TPSA) is 100 Å². The fraction of sp³-hybridized carbons (Fsp3) is 0.300. The van der Waals surface area contributed by atoms with Crippen molar-refractivity contribution in [2.24, 2.45) is 0 Å². The molecule has 0 aliphatic carbocycles. The van der Waals surface area contributed by atoms with Gasteiger partial charge in [-0.2, -0.15) is 0 Å². The number of aromatic nitrogens is 3. The summed E-state index contributed by atoms with van der Waals surface area (Å²) in [5, 5.41) is 0. The van der Waals surface area contributed by atoms with Crippen molar-refractivity contribution in [1.82, 2.24) is 24.2 Å². The molecule has 0 bridgehead atoms. The first kappa shape index (κ1) is 19.4. The Balaban J connectivity index is 1.41. The van der Waals surface area contributed by atoms with Crippen LogP contribution >= 0.6 is 0 Å². The third-order valence-corrected chi connectivity index (χ3v) is 6.52. The number of imidazole rings is 1. The molecular formula is C20H23N5O3S. The summed E-state index contributed by atoms with van der Waals surface area (Å²) in [6.45, 7) is 2.05. The zero-order valence-electron chi connectivity index (χ0n) is 15.9. The van der Waals surface area contributed by atoms with Gasteiger partial charge in [0.2, 0.25) is 10.0 Å². The lowest BCUT2D eigenvalue weighted by atomic mass is 9.99. The second kappa shape index (κ2) is 8.22. The number of carbonyl (C=O) groups is 1. The highest BCUT2D eigenvalue weighted by Gasteiger charge is 2.24. The molecule has 2 aromatic heterocycles. The number of nitrogens with zero attached hydrogens (tertiary/aromatic N) is 3. The fourth-order valence-electron chi connectivity index (χ4n) is 3.48. The van der Waals surface area contributed by atoms with Crippen molar-refractivity contribution in [3.63, 3.8) is 0 Å². The summed E-state index contributed by atoms with van der Waals surface area (Å²) in [4.78, 5) is 21.4. The highest BCUT2D eigenvalue weighted by molar-refractivity contribution is 7.89. The van der Waals surface area contributed by atoms with Crippen molar-refractivity contribution in [3.8, 4) is 0 Å². The van der Waals surface area contributed by atoms with E-state index in [2.05, 4.69) is 14.7 Å². The van der Waals surface area contributed by atoms with E-state index in [0.717, 1.165) is 11.1 Å². The van der Waals surface area contributed by atoms with Gasteiger partial charge in [-0.05, 0) is 48.2 Å². The van der Waals surface area contributed by atoms with E-state index in [1.807, 2.05) is 16.8 Å². The number of amides is 1. The molecule has 9 heteroatoms. The lowest BCUT2D eigenvalue weighted by Gasteiger charge is -2.29. The molecule has 0 spiro atoms. The zero-order valence-corrected chi connectivity index (χ0v) is 16.7. The Labute approximate surface area is 169 Å². The van der Waals surface area contributed by atoms with Gasteiger partial charge in [0.05, 0.1) is 11.2 Å². The summed E-state index contributed by atoms with van der Waals surface area (Å²) < 4.78 is 29.9. The Morgan fingerprint density at radius 2 is 2.14 bits per heavy atom. The van der Waals surface area contributed by atoms with E-state index in [-0.39, 0.29) is 10.8 Å². The highest BCUT2D eigenvalue weighted by Crippen LogP contribution is 2.23. The minimum absolute atomic E-state index is 0.0773. The van der Waals surface area contributed by atoms with Gasteiger partial charge in [-0.25, -0.2) is 18.1 Å². The van der Waals surface area contributed by atoms with E-state index >= 15 is 0 Å². The summed E-state index contributed by atoms with van der Waals surface area (Å²) >= 11 is 0. The molecule has 1 aliphatic rings. The second-order valence-corrected chi connectivity index (χ2v) is 8.81. The van der Waals surface area contributed by atoms with Crippen LogP contribution in [-0.2, 0) is 29.5 Å². The number of benzene rings is 1. The van der Waals surface area contributed by atoms with Crippen LogP contribution < -0.4 is 4.72 Å². The van der Waals surface area contributed by atoms with E-state index in [0.29, 0.717) is 44.7 Å². The van der Waals surface area contributed by atoms with Crippen molar-refractivity contribution in [2.45, 2.75) is 30.8 Å². The molecule has 1 aromatic carbocycles. The normalized spacial score (nSPS) is 14.0. The molecule has 3 aromatic rings. The number of fused-ring (bicyclic) bond motifs is 1. The number of carbonyl (C=O) groups excluding carboxylic acids is 1. The number of aryl methyl sites for hydroxylation is 1. The Kier molecular flexibility index (Phi) is 5.50. The Morgan fingerprint density at radius 3 is 2.90 bits per heavy atom. The van der Waals surface area contributed by atoms with Crippen LogP contribution in [0.25, 0.3) is 0 Å². The second-order valence-electron chi connectivity index (χ2n) is 7.04. The predicted octanol–water partition coefficient (Wildman–Crippen LogP) is 1.78. The van der Waals surface area contributed by atoms with Crippen LogP contribution in [0.5, 0.6) is 0 Å². The van der Waals surface area contributed by atoms with Gasteiger partial charge in [0.15, 0.2) is 0 Å². The van der Waals surface area contributed by atoms with Gasteiger partial charge < -0.3 is 14.5 Å². The van der Waals surface area contributed by atoms with Gasteiger partial charge in [0, 0.05) is 44.8 Å². The van der Waals surface area contributed by atoms with Crippen LogP contribution in [0.3, 0.4) is 0 Å². The van der Waals surface area contributed by atoms with Crippen molar-refractivity contribution >= 4 is 15.9 Å². The van der Waals surface area contributed by atoms with Crippen LogP contribution in [-0.4, -0.2) is 46.8 Å². The number of H-pyrrole nitrogens is 1. The van der Waals surface area contributed by atoms with Crippen LogP contribution in [0.1, 0.15) is 28.0 Å².